The van der Waals surface area contributed by atoms with E-state index in [0.717, 1.165) is 12.1 Å². The lowest BCUT2D eigenvalue weighted by molar-refractivity contribution is 0.581. The first kappa shape index (κ1) is 37.2. The highest BCUT2D eigenvalue weighted by Crippen LogP contribution is 2.57. The highest BCUT2D eigenvalue weighted by Gasteiger charge is 2.46. The zero-order valence-electron chi connectivity index (χ0n) is 35.2. The van der Waals surface area contributed by atoms with Crippen LogP contribution in [0.4, 0.5) is 0 Å². The second kappa shape index (κ2) is 15.1. The van der Waals surface area contributed by atoms with E-state index in [1.54, 1.807) is 0 Å². The smallest absolute Gasteiger partial charge is 0.0713 e. The molecule has 1 heterocycles. The van der Waals surface area contributed by atoms with Gasteiger partial charge in [-0.1, -0.05) is 201 Å². The minimum atomic E-state index is -0.421. The van der Waals surface area contributed by atoms with Crippen LogP contribution in [0.15, 0.2) is 231 Å². The number of nitrogens with zero attached hydrogens (tertiary/aromatic N) is 1. The molecule has 298 valence electrons. The summed E-state index contributed by atoms with van der Waals surface area (Å²) in [6, 6.07) is 81.1. The van der Waals surface area contributed by atoms with Gasteiger partial charge in [0.05, 0.1) is 5.41 Å². The van der Waals surface area contributed by atoms with Crippen molar-refractivity contribution in [2.75, 3.05) is 0 Å². The lowest BCUT2D eigenvalue weighted by Crippen LogP contribution is -2.28. The number of pyridine rings is 1. The van der Waals surface area contributed by atoms with Gasteiger partial charge >= 0.3 is 0 Å². The van der Waals surface area contributed by atoms with E-state index in [-0.39, 0.29) is 5.92 Å². The summed E-state index contributed by atoms with van der Waals surface area (Å²) >= 11 is 0. The number of aromatic nitrogens is 1. The highest BCUT2D eigenvalue weighted by molar-refractivity contribution is 6.09. The molecular formula is C62H45N. The zero-order chi connectivity index (χ0) is 41.9. The molecule has 12 rings (SSSR count). The van der Waals surface area contributed by atoms with E-state index < -0.39 is 5.41 Å². The molecule has 63 heavy (non-hydrogen) atoms. The van der Waals surface area contributed by atoms with E-state index >= 15 is 0 Å². The van der Waals surface area contributed by atoms with Gasteiger partial charge in [-0.25, -0.2) is 0 Å². The maximum atomic E-state index is 4.81. The third kappa shape index (κ3) is 5.95. The number of fused-ring (bicyclic) bond motifs is 7. The molecule has 2 aliphatic carbocycles. The third-order valence-electron chi connectivity index (χ3n) is 14.1. The number of allylic oxidation sites excluding steroid dienone is 1. The summed E-state index contributed by atoms with van der Waals surface area (Å²) in [5.41, 5.74) is 18.7. The van der Waals surface area contributed by atoms with Crippen LogP contribution in [0, 0.1) is 0 Å². The van der Waals surface area contributed by atoms with Crippen LogP contribution in [0.5, 0.6) is 0 Å². The molecule has 1 aromatic heterocycles. The molecule has 10 aromatic rings. The molecule has 0 aliphatic heterocycles. The van der Waals surface area contributed by atoms with Crippen LogP contribution in [0.2, 0.25) is 0 Å². The largest absolute Gasteiger partial charge is 0.261 e. The molecule has 1 nitrogen and oxygen atoms in total. The van der Waals surface area contributed by atoms with Crippen molar-refractivity contribution < 1.29 is 0 Å². The summed E-state index contributed by atoms with van der Waals surface area (Å²) < 4.78 is 0. The standard InChI is InChI=1S/C62H45N/c1-2-50-53-19-9-10-20-54(53)57(40-58(50)61-23-13-14-36-63-61)42-26-24-41(25-27-42)43-30-33-51-46(37-43)28-29-47-38-44(31-34-52(47)51)45-32-35-56-55-21-11-12-22-59(55)62(60(56)39-45,48-15-5-3-6-16-48)49-17-7-4-8-18-49/h3-40,50,58H,2H2,1H3. The first-order chi connectivity index (χ1) is 31.2. The van der Waals surface area contributed by atoms with Crippen LogP contribution in [0.1, 0.15) is 69.8 Å². The molecule has 0 spiro atoms. The molecule has 0 saturated carbocycles. The van der Waals surface area contributed by atoms with E-state index in [2.05, 4.69) is 225 Å². The minimum absolute atomic E-state index is 0.233. The molecule has 9 aromatic carbocycles. The molecule has 2 atom stereocenters. The third-order valence-corrected chi connectivity index (χ3v) is 14.1. The molecule has 2 aliphatic rings. The van der Waals surface area contributed by atoms with Crippen LogP contribution in [0.25, 0.3) is 60.5 Å². The van der Waals surface area contributed by atoms with Gasteiger partial charge in [0.2, 0.25) is 0 Å². The Morgan fingerprint density at radius 3 is 1.63 bits per heavy atom. The molecule has 0 N–H and O–H groups in total. The van der Waals surface area contributed by atoms with E-state index in [0.29, 0.717) is 5.92 Å². The van der Waals surface area contributed by atoms with Crippen LogP contribution in [-0.4, -0.2) is 4.98 Å². The normalized spacial score (nSPS) is 16.0. The topological polar surface area (TPSA) is 12.9 Å². The van der Waals surface area contributed by atoms with Crippen molar-refractivity contribution in [2.45, 2.75) is 30.6 Å². The average Bonchev–Trinajstić information content (AvgIpc) is 3.66. The molecule has 2 unspecified atom stereocenters. The summed E-state index contributed by atoms with van der Waals surface area (Å²) in [6.07, 6.45) is 5.45. The predicted octanol–water partition coefficient (Wildman–Crippen LogP) is 15.8. The van der Waals surface area contributed by atoms with Gasteiger partial charge < -0.3 is 0 Å². The van der Waals surface area contributed by atoms with Gasteiger partial charge in [-0.3, -0.25) is 4.98 Å². The number of benzene rings is 9. The SMILES string of the molecule is CCC1c2ccccc2C(c2ccc(-c3ccc4c(ccc5cc(-c6ccc7c(c6)C(c6ccccc6)(c6ccccc6)c6ccccc6-7)ccc54)c3)cc2)=CC1c1ccccn1. The Morgan fingerprint density at radius 2 is 0.968 bits per heavy atom. The Hall–Kier alpha value is -7.61. The van der Waals surface area contributed by atoms with Crippen LogP contribution >= 0.6 is 0 Å². The molecule has 0 fully saturated rings. The molecule has 0 amide bonds. The Kier molecular flexibility index (Phi) is 8.90. The molecule has 0 radical (unpaired) electrons. The second-order valence-electron chi connectivity index (χ2n) is 17.3. The summed E-state index contributed by atoms with van der Waals surface area (Å²) in [5, 5.41) is 5.03. The van der Waals surface area contributed by atoms with Gasteiger partial charge in [-0.15, -0.1) is 0 Å². The number of hydrogen-bond donors (Lipinski definition) is 0. The Morgan fingerprint density at radius 1 is 0.429 bits per heavy atom. The fourth-order valence-corrected chi connectivity index (χ4v) is 11.1. The fraction of sp³-hybridized carbons (Fsp3) is 0.0806. The van der Waals surface area contributed by atoms with Crippen molar-refractivity contribution in [1.82, 2.24) is 4.98 Å². The monoisotopic (exact) mass is 803 g/mol. The van der Waals surface area contributed by atoms with E-state index in [9.17, 15) is 0 Å². The Labute approximate surface area is 369 Å². The van der Waals surface area contributed by atoms with E-state index in [1.165, 1.54) is 99.4 Å². The summed E-state index contributed by atoms with van der Waals surface area (Å²) in [6.45, 7) is 2.30. The maximum absolute atomic E-state index is 4.81. The van der Waals surface area contributed by atoms with Gasteiger partial charge in [0, 0.05) is 17.8 Å². The second-order valence-corrected chi connectivity index (χ2v) is 17.3. The highest BCUT2D eigenvalue weighted by atomic mass is 14.7. The van der Waals surface area contributed by atoms with Gasteiger partial charge in [0.1, 0.15) is 0 Å². The zero-order valence-corrected chi connectivity index (χ0v) is 35.2. The fourth-order valence-electron chi connectivity index (χ4n) is 11.1. The van der Waals surface area contributed by atoms with Crippen molar-refractivity contribution in [2.24, 2.45) is 0 Å². The average molecular weight is 804 g/mol. The lowest BCUT2D eigenvalue weighted by atomic mass is 9.67. The maximum Gasteiger partial charge on any atom is 0.0713 e. The van der Waals surface area contributed by atoms with Gasteiger partial charge in [-0.05, 0) is 142 Å². The van der Waals surface area contributed by atoms with Crippen molar-refractivity contribution in [1.29, 1.82) is 0 Å². The van der Waals surface area contributed by atoms with Crippen LogP contribution < -0.4 is 0 Å². The van der Waals surface area contributed by atoms with Crippen molar-refractivity contribution in [3.63, 3.8) is 0 Å². The summed E-state index contributed by atoms with van der Waals surface area (Å²) in [4.78, 5) is 4.81. The molecular weight excluding hydrogens is 759 g/mol. The predicted molar refractivity (Wildman–Crippen MR) is 263 cm³/mol. The first-order valence-corrected chi connectivity index (χ1v) is 22.3. The first-order valence-electron chi connectivity index (χ1n) is 22.3. The van der Waals surface area contributed by atoms with Gasteiger partial charge in [0.15, 0.2) is 0 Å². The lowest BCUT2D eigenvalue weighted by Gasteiger charge is -2.34. The van der Waals surface area contributed by atoms with Crippen molar-refractivity contribution >= 4 is 27.1 Å². The number of hydrogen-bond acceptors (Lipinski definition) is 1. The van der Waals surface area contributed by atoms with Crippen LogP contribution in [0.3, 0.4) is 0 Å². The summed E-state index contributed by atoms with van der Waals surface area (Å²) in [5.74, 6) is 0.633. The quantitative estimate of drug-likeness (QED) is 0.146. The van der Waals surface area contributed by atoms with E-state index in [1.807, 2.05) is 12.3 Å². The minimum Gasteiger partial charge on any atom is -0.261 e. The molecule has 1 heteroatoms. The molecule has 0 bridgehead atoms. The van der Waals surface area contributed by atoms with Crippen molar-refractivity contribution in [3.05, 3.63) is 275 Å². The molecule has 0 saturated heterocycles. The summed E-state index contributed by atoms with van der Waals surface area (Å²) in [7, 11) is 0. The van der Waals surface area contributed by atoms with Crippen LogP contribution in [-0.2, 0) is 5.41 Å². The van der Waals surface area contributed by atoms with Crippen molar-refractivity contribution in [3.8, 4) is 33.4 Å². The van der Waals surface area contributed by atoms with Gasteiger partial charge in [-0.2, -0.15) is 0 Å². The Balaban J connectivity index is 0.890. The number of rotatable bonds is 7. The van der Waals surface area contributed by atoms with Gasteiger partial charge in [0.25, 0.3) is 0 Å². The van der Waals surface area contributed by atoms with E-state index in [4.69, 9.17) is 4.98 Å². The Bertz CT molecular complexity index is 3320.